The van der Waals surface area contributed by atoms with Crippen LogP contribution >= 0.6 is 0 Å². The molecule has 0 aromatic heterocycles. The van der Waals surface area contributed by atoms with Gasteiger partial charge in [0.15, 0.2) is 0 Å². The topological polar surface area (TPSA) is 19.9 Å². The van der Waals surface area contributed by atoms with Gasteiger partial charge in [-0.3, -0.25) is 0 Å². The van der Waals surface area contributed by atoms with Gasteiger partial charge in [0.25, 0.3) is 0 Å². The molecule has 0 aromatic carbocycles. The highest BCUT2D eigenvalue weighted by Gasteiger charge is 1.98. The normalized spacial score (nSPS) is 12.6. The van der Waals surface area contributed by atoms with Crippen LogP contribution in [0.15, 0.2) is 0 Å². The Bertz CT molecular complexity index is 224. The Morgan fingerprint density at radius 2 is 0.680 bits per heavy atom. The minimum Gasteiger partial charge on any atom is -0.233 e. The molecule has 0 heterocycles. The second-order valence-electron chi connectivity index (χ2n) is 8.32. The first-order chi connectivity index (χ1) is 12.3. The lowest BCUT2D eigenvalue weighted by Crippen LogP contribution is -1.95. The number of unbranched alkanes of at least 4 members (excludes halogenated alkanes) is 19. The second kappa shape index (κ2) is 22.0. The van der Waals surface area contributed by atoms with Gasteiger partial charge in [-0.1, -0.05) is 135 Å². The lowest BCUT2D eigenvalue weighted by molar-refractivity contribution is 0.0950. The molecule has 0 aliphatic heterocycles. The molecule has 0 spiro atoms. The van der Waals surface area contributed by atoms with Crippen LogP contribution in [0.2, 0.25) is 0 Å². The van der Waals surface area contributed by atoms with Gasteiger partial charge in [-0.2, -0.15) is 0 Å². The van der Waals surface area contributed by atoms with E-state index < -0.39 is 0 Å². The molecule has 0 rings (SSSR count). The summed E-state index contributed by atoms with van der Waals surface area (Å²) >= 11 is 0. The van der Waals surface area contributed by atoms with Crippen molar-refractivity contribution in [3.8, 4) is 0 Å². The molecule has 1 atom stereocenters. The molecule has 1 radical (unpaired) electrons. The Hall–Kier alpha value is -0.0400. The molecule has 0 amide bonds. The van der Waals surface area contributed by atoms with Crippen molar-refractivity contribution in [2.24, 2.45) is 0 Å². The van der Waals surface area contributed by atoms with Gasteiger partial charge in [-0.25, -0.2) is 5.11 Å². The Balaban J connectivity index is 2.96. The quantitative estimate of drug-likeness (QED) is 0.183. The highest BCUT2D eigenvalue weighted by atomic mass is 16.3. The van der Waals surface area contributed by atoms with Crippen molar-refractivity contribution in [2.45, 2.75) is 155 Å². The maximum Gasteiger partial charge on any atom is 0.0902 e. The first-order valence-electron chi connectivity index (χ1n) is 11.9. The van der Waals surface area contributed by atoms with E-state index >= 15 is 0 Å². The average Bonchev–Trinajstić information content (AvgIpc) is 2.60. The van der Waals surface area contributed by atoms with E-state index in [4.69, 9.17) is 0 Å². The molecule has 0 aliphatic rings. The summed E-state index contributed by atoms with van der Waals surface area (Å²) in [5.41, 5.74) is 0. The number of hydrogen-bond donors (Lipinski definition) is 0. The Kier molecular flexibility index (Phi) is 22.0. The van der Waals surface area contributed by atoms with Gasteiger partial charge < -0.3 is 0 Å². The van der Waals surface area contributed by atoms with Crippen LogP contribution in [0, 0.1) is 0 Å². The monoisotopic (exact) mass is 353 g/mol. The molecule has 0 bridgehead atoms. The van der Waals surface area contributed by atoms with Crippen LogP contribution in [0.1, 0.15) is 149 Å². The van der Waals surface area contributed by atoms with Crippen molar-refractivity contribution in [3.05, 3.63) is 0 Å². The first kappa shape index (κ1) is 25.0. The number of hydrogen-bond acceptors (Lipinski definition) is 0. The van der Waals surface area contributed by atoms with E-state index in [1.54, 1.807) is 6.92 Å². The highest BCUT2D eigenvalue weighted by Crippen LogP contribution is 2.15. The largest absolute Gasteiger partial charge is 0.233 e. The SMILES string of the molecule is CCCCCCCCCCCCCCCCCCCCCCC(C)[O]. The van der Waals surface area contributed by atoms with Crippen molar-refractivity contribution in [2.75, 3.05) is 0 Å². The fraction of sp³-hybridized carbons (Fsp3) is 1.00. The molecule has 0 saturated carbocycles. The zero-order valence-corrected chi connectivity index (χ0v) is 17.8. The molecule has 0 saturated heterocycles. The summed E-state index contributed by atoms with van der Waals surface area (Å²) in [7, 11) is 0. The fourth-order valence-electron chi connectivity index (χ4n) is 3.69. The van der Waals surface area contributed by atoms with Crippen LogP contribution in [0.4, 0.5) is 0 Å². The Morgan fingerprint density at radius 3 is 0.920 bits per heavy atom. The van der Waals surface area contributed by atoms with Gasteiger partial charge in [0, 0.05) is 0 Å². The van der Waals surface area contributed by atoms with Crippen LogP contribution in [0.3, 0.4) is 0 Å². The van der Waals surface area contributed by atoms with Gasteiger partial charge in [-0.15, -0.1) is 0 Å². The maximum absolute atomic E-state index is 10.9. The fourth-order valence-corrected chi connectivity index (χ4v) is 3.69. The van der Waals surface area contributed by atoms with Crippen molar-refractivity contribution in [1.29, 1.82) is 0 Å². The van der Waals surface area contributed by atoms with E-state index in [2.05, 4.69) is 6.92 Å². The molecule has 25 heavy (non-hydrogen) atoms. The predicted molar refractivity (Wildman–Crippen MR) is 113 cm³/mol. The molecule has 0 aliphatic carbocycles. The van der Waals surface area contributed by atoms with Crippen LogP contribution in [-0.2, 0) is 5.11 Å². The summed E-state index contributed by atoms with van der Waals surface area (Å²) in [6, 6.07) is 0. The third-order valence-corrected chi connectivity index (χ3v) is 5.46. The zero-order valence-electron chi connectivity index (χ0n) is 17.8. The van der Waals surface area contributed by atoms with E-state index in [0.29, 0.717) is 0 Å². The molecular weight excluding hydrogens is 304 g/mol. The van der Waals surface area contributed by atoms with Gasteiger partial charge in [0.05, 0.1) is 6.10 Å². The molecular formula is C24H49O. The van der Waals surface area contributed by atoms with Crippen molar-refractivity contribution in [3.63, 3.8) is 0 Å². The summed E-state index contributed by atoms with van der Waals surface area (Å²) in [5.74, 6) is 0. The highest BCUT2D eigenvalue weighted by molar-refractivity contribution is 4.52. The van der Waals surface area contributed by atoms with Gasteiger partial charge in [0.1, 0.15) is 0 Å². The molecule has 1 unspecified atom stereocenters. The van der Waals surface area contributed by atoms with Crippen LogP contribution in [-0.4, -0.2) is 6.10 Å². The van der Waals surface area contributed by atoms with Gasteiger partial charge in [-0.05, 0) is 13.3 Å². The zero-order chi connectivity index (χ0) is 18.4. The molecule has 0 N–H and O–H groups in total. The Labute approximate surface area is 160 Å². The summed E-state index contributed by atoms with van der Waals surface area (Å²) < 4.78 is 0. The minimum atomic E-state index is -0.351. The summed E-state index contributed by atoms with van der Waals surface area (Å²) in [6.07, 6.45) is 28.8. The van der Waals surface area contributed by atoms with E-state index in [1.165, 1.54) is 122 Å². The molecule has 151 valence electrons. The summed E-state index contributed by atoms with van der Waals surface area (Å²) in [5, 5.41) is 10.9. The first-order valence-corrected chi connectivity index (χ1v) is 11.9. The average molecular weight is 354 g/mol. The van der Waals surface area contributed by atoms with Crippen LogP contribution in [0.5, 0.6) is 0 Å². The lowest BCUT2D eigenvalue weighted by Gasteiger charge is -2.04. The van der Waals surface area contributed by atoms with E-state index in [9.17, 15) is 5.11 Å². The Morgan fingerprint density at radius 1 is 0.440 bits per heavy atom. The van der Waals surface area contributed by atoms with Crippen molar-refractivity contribution < 1.29 is 5.11 Å². The van der Waals surface area contributed by atoms with E-state index in [-0.39, 0.29) is 6.10 Å². The predicted octanol–water partition coefficient (Wildman–Crippen LogP) is 9.02. The van der Waals surface area contributed by atoms with E-state index in [1.807, 2.05) is 0 Å². The third kappa shape index (κ3) is 24.0. The van der Waals surface area contributed by atoms with E-state index in [0.717, 1.165) is 12.8 Å². The second-order valence-corrected chi connectivity index (χ2v) is 8.32. The third-order valence-electron chi connectivity index (χ3n) is 5.46. The molecule has 0 fully saturated rings. The van der Waals surface area contributed by atoms with Gasteiger partial charge in [0.2, 0.25) is 0 Å². The summed E-state index contributed by atoms with van der Waals surface area (Å²) in [6.45, 7) is 4.08. The summed E-state index contributed by atoms with van der Waals surface area (Å²) in [4.78, 5) is 0. The van der Waals surface area contributed by atoms with Crippen molar-refractivity contribution in [1.82, 2.24) is 0 Å². The smallest absolute Gasteiger partial charge is 0.0902 e. The van der Waals surface area contributed by atoms with Gasteiger partial charge >= 0.3 is 0 Å². The number of rotatable bonds is 21. The minimum absolute atomic E-state index is 0.351. The van der Waals surface area contributed by atoms with Crippen LogP contribution < -0.4 is 0 Å². The molecule has 1 nitrogen and oxygen atoms in total. The molecule has 0 aromatic rings. The lowest BCUT2D eigenvalue weighted by atomic mass is 10.0. The maximum atomic E-state index is 10.9. The standard InChI is InChI=1S/C24H49O/c1-3-4-5-6-7-8-9-10-11-12-13-14-15-16-17-18-19-20-21-22-23-24(2)25/h24H,3-23H2,1-2H3. The van der Waals surface area contributed by atoms with Crippen LogP contribution in [0.25, 0.3) is 0 Å². The molecule has 1 heteroatoms. The van der Waals surface area contributed by atoms with Crippen molar-refractivity contribution >= 4 is 0 Å².